The summed E-state index contributed by atoms with van der Waals surface area (Å²) in [5, 5.41) is 11.1. The zero-order chi connectivity index (χ0) is 5.28. The van der Waals surface area contributed by atoms with Crippen molar-refractivity contribution < 1.29 is 9.50 Å². The summed E-state index contributed by atoms with van der Waals surface area (Å²) in [6.45, 7) is 0.307. The van der Waals surface area contributed by atoms with E-state index in [1.807, 2.05) is 0 Å². The Morgan fingerprint density at radius 3 is 2.57 bits per heavy atom. The van der Waals surface area contributed by atoms with Crippen LogP contribution >= 0.6 is 0 Å². The van der Waals surface area contributed by atoms with Crippen molar-refractivity contribution >= 4 is 0 Å². The van der Waals surface area contributed by atoms with E-state index in [1.54, 1.807) is 0 Å². The highest BCUT2D eigenvalue weighted by atomic mass is 19.1. The summed E-state index contributed by atoms with van der Waals surface area (Å²) in [7, 11) is 0. The van der Waals surface area contributed by atoms with Crippen molar-refractivity contribution in [1.82, 2.24) is 5.32 Å². The van der Waals surface area contributed by atoms with E-state index in [1.165, 1.54) is 0 Å². The Hall–Kier alpha value is -0.150. The van der Waals surface area contributed by atoms with Gasteiger partial charge in [-0.25, -0.2) is 4.39 Å². The third-order valence-electron chi connectivity index (χ3n) is 1.05. The molecule has 0 saturated carbocycles. The molecule has 0 aromatic heterocycles. The molecule has 42 valence electrons. The summed E-state index contributed by atoms with van der Waals surface area (Å²) in [5.41, 5.74) is 0. The Labute approximate surface area is 41.3 Å². The van der Waals surface area contributed by atoms with Gasteiger partial charge in [0.15, 0.2) is 0 Å². The molecule has 0 aromatic rings. The fourth-order valence-electron chi connectivity index (χ4n) is 0.673. The molecule has 0 spiro atoms. The number of hydrogen-bond donors (Lipinski definition) is 2. The summed E-state index contributed by atoms with van der Waals surface area (Å²) >= 11 is 0. The zero-order valence-corrected chi connectivity index (χ0v) is 3.89. The van der Waals surface area contributed by atoms with Crippen molar-refractivity contribution in [2.75, 3.05) is 6.54 Å². The van der Waals surface area contributed by atoms with Gasteiger partial charge in [-0.1, -0.05) is 0 Å². The fourth-order valence-corrected chi connectivity index (χ4v) is 0.673. The van der Waals surface area contributed by atoms with Crippen LogP contribution in [-0.4, -0.2) is 24.1 Å². The molecule has 7 heavy (non-hydrogen) atoms. The Morgan fingerprint density at radius 1 is 1.71 bits per heavy atom. The molecule has 1 rings (SSSR count). The van der Waals surface area contributed by atoms with Crippen LogP contribution in [0.15, 0.2) is 0 Å². The highest BCUT2D eigenvalue weighted by Crippen LogP contribution is 2.05. The van der Waals surface area contributed by atoms with Crippen LogP contribution < -0.4 is 5.32 Å². The number of halogens is 1. The molecule has 1 saturated heterocycles. The van der Waals surface area contributed by atoms with Crippen LogP contribution in [-0.2, 0) is 0 Å². The number of alkyl halides is 1. The largest absolute Gasteiger partial charge is 0.379 e. The van der Waals surface area contributed by atoms with Crippen molar-refractivity contribution in [3.8, 4) is 0 Å². The molecule has 2 nitrogen and oxygen atoms in total. The average Bonchev–Trinajstić information content (AvgIpc) is 1.87. The highest BCUT2D eigenvalue weighted by Gasteiger charge is 2.20. The third kappa shape index (κ3) is 1.11. The first-order chi connectivity index (χ1) is 3.29. The number of hydrogen-bond acceptors (Lipinski definition) is 2. The van der Waals surface area contributed by atoms with Gasteiger partial charge in [-0.15, -0.1) is 0 Å². The summed E-state index contributed by atoms with van der Waals surface area (Å²) in [6, 6.07) is 0. The molecule has 2 unspecified atom stereocenters. The normalized spacial score (nSPS) is 42.0. The molecule has 0 radical (unpaired) electrons. The summed E-state index contributed by atoms with van der Waals surface area (Å²) in [4.78, 5) is 0. The quantitative estimate of drug-likeness (QED) is 0.441. The van der Waals surface area contributed by atoms with Crippen molar-refractivity contribution in [1.29, 1.82) is 0 Å². The summed E-state index contributed by atoms with van der Waals surface area (Å²) < 4.78 is 12.0. The first-order valence-electron chi connectivity index (χ1n) is 2.34. The van der Waals surface area contributed by atoms with E-state index in [-0.39, 0.29) is 6.42 Å². The SMILES string of the molecule is OC1CC(F)CN1. The molecule has 0 aliphatic carbocycles. The number of nitrogens with one attached hydrogen (secondary N) is 1. The van der Waals surface area contributed by atoms with Crippen molar-refractivity contribution in [3.05, 3.63) is 0 Å². The number of aliphatic hydroxyl groups is 1. The molecule has 2 atom stereocenters. The maximum absolute atomic E-state index is 12.0. The second-order valence-electron chi connectivity index (χ2n) is 1.76. The minimum Gasteiger partial charge on any atom is -0.379 e. The molecular weight excluding hydrogens is 97.0 g/mol. The highest BCUT2D eigenvalue weighted by molar-refractivity contribution is 4.72. The van der Waals surface area contributed by atoms with Crippen LogP contribution in [0.3, 0.4) is 0 Å². The first kappa shape index (κ1) is 5.00. The van der Waals surface area contributed by atoms with Gasteiger partial charge in [-0.2, -0.15) is 0 Å². The Morgan fingerprint density at radius 2 is 2.43 bits per heavy atom. The Kier molecular flexibility index (Phi) is 1.25. The van der Waals surface area contributed by atoms with Crippen LogP contribution in [0.5, 0.6) is 0 Å². The Bertz CT molecular complexity index is 60.7. The third-order valence-corrected chi connectivity index (χ3v) is 1.05. The van der Waals surface area contributed by atoms with Crippen LogP contribution in [0.2, 0.25) is 0 Å². The van der Waals surface area contributed by atoms with Crippen LogP contribution in [0.1, 0.15) is 6.42 Å². The fraction of sp³-hybridized carbons (Fsp3) is 1.00. The predicted octanol–water partition coefficient (Wildman–Crippen LogP) is -0.364. The molecule has 0 bridgehead atoms. The van der Waals surface area contributed by atoms with Gasteiger partial charge in [0.05, 0.1) is 0 Å². The van der Waals surface area contributed by atoms with Crippen molar-refractivity contribution in [2.45, 2.75) is 18.8 Å². The number of aliphatic hydroxyl groups excluding tert-OH is 1. The lowest BCUT2D eigenvalue weighted by atomic mass is 10.3. The van der Waals surface area contributed by atoms with Gasteiger partial charge in [-0.05, 0) is 0 Å². The Balaban J connectivity index is 2.26. The number of rotatable bonds is 0. The summed E-state index contributed by atoms with van der Waals surface area (Å²) in [6.07, 6.45) is -1.19. The van der Waals surface area contributed by atoms with Gasteiger partial charge in [0, 0.05) is 13.0 Å². The van der Waals surface area contributed by atoms with E-state index in [2.05, 4.69) is 5.32 Å². The van der Waals surface area contributed by atoms with Gasteiger partial charge < -0.3 is 5.11 Å². The van der Waals surface area contributed by atoms with Crippen molar-refractivity contribution in [3.63, 3.8) is 0 Å². The monoisotopic (exact) mass is 105 g/mol. The minimum atomic E-state index is -0.838. The molecule has 1 heterocycles. The summed E-state index contributed by atoms with van der Waals surface area (Å²) in [5.74, 6) is 0. The smallest absolute Gasteiger partial charge is 0.116 e. The van der Waals surface area contributed by atoms with Gasteiger partial charge in [0.25, 0.3) is 0 Å². The average molecular weight is 105 g/mol. The maximum Gasteiger partial charge on any atom is 0.116 e. The molecular formula is C4H8FNO. The van der Waals surface area contributed by atoms with E-state index in [0.717, 1.165) is 0 Å². The lowest BCUT2D eigenvalue weighted by Gasteiger charge is -1.94. The molecule has 2 N–H and O–H groups in total. The van der Waals surface area contributed by atoms with E-state index in [4.69, 9.17) is 5.11 Å². The van der Waals surface area contributed by atoms with Gasteiger partial charge in [0.1, 0.15) is 12.4 Å². The van der Waals surface area contributed by atoms with E-state index in [9.17, 15) is 4.39 Å². The molecule has 0 aromatic carbocycles. The van der Waals surface area contributed by atoms with E-state index >= 15 is 0 Å². The van der Waals surface area contributed by atoms with Crippen LogP contribution in [0.25, 0.3) is 0 Å². The van der Waals surface area contributed by atoms with Gasteiger partial charge in [-0.3, -0.25) is 5.32 Å². The second-order valence-corrected chi connectivity index (χ2v) is 1.76. The zero-order valence-electron chi connectivity index (χ0n) is 3.89. The molecule has 1 aliphatic rings. The van der Waals surface area contributed by atoms with E-state index < -0.39 is 12.4 Å². The molecule has 1 aliphatic heterocycles. The predicted molar refractivity (Wildman–Crippen MR) is 23.5 cm³/mol. The molecule has 1 fully saturated rings. The molecule has 0 amide bonds. The van der Waals surface area contributed by atoms with Crippen LogP contribution in [0.4, 0.5) is 4.39 Å². The van der Waals surface area contributed by atoms with E-state index in [0.29, 0.717) is 6.54 Å². The van der Waals surface area contributed by atoms with Crippen LogP contribution in [0, 0.1) is 0 Å². The standard InChI is InChI=1S/C4H8FNO/c5-3-1-4(7)6-2-3/h3-4,6-7H,1-2H2. The second kappa shape index (κ2) is 1.76. The van der Waals surface area contributed by atoms with Gasteiger partial charge >= 0.3 is 0 Å². The van der Waals surface area contributed by atoms with Gasteiger partial charge in [0.2, 0.25) is 0 Å². The topological polar surface area (TPSA) is 32.3 Å². The maximum atomic E-state index is 12.0. The van der Waals surface area contributed by atoms with Crippen molar-refractivity contribution in [2.24, 2.45) is 0 Å². The first-order valence-corrected chi connectivity index (χ1v) is 2.34. The minimum absolute atomic E-state index is 0.250. The lowest BCUT2D eigenvalue weighted by molar-refractivity contribution is 0.152. The lowest BCUT2D eigenvalue weighted by Crippen LogP contribution is -2.19. The molecule has 3 heteroatoms.